The number of carbonyl (C=O) groups excluding carboxylic acids is 6. The molecule has 0 aromatic heterocycles. The molecule has 0 spiro atoms. The maximum Gasteiger partial charge on any atom is 0.248 e. The zero-order valence-electron chi connectivity index (χ0n) is 33.4. The van der Waals surface area contributed by atoms with Gasteiger partial charge in [0.2, 0.25) is 29.5 Å². The minimum Gasteiger partial charge on any atom is -0.396 e. The van der Waals surface area contributed by atoms with Gasteiger partial charge in [0.25, 0.3) is 0 Å². The highest BCUT2D eigenvalue weighted by molar-refractivity contribution is 5.96. The molecule has 0 aromatic carbocycles. The van der Waals surface area contributed by atoms with E-state index < -0.39 is 72.5 Å². The van der Waals surface area contributed by atoms with Crippen LogP contribution in [0.4, 0.5) is 0 Å². The Kier molecular flexibility index (Phi) is 24.6. The van der Waals surface area contributed by atoms with E-state index in [0.29, 0.717) is 19.1 Å². The number of aliphatic hydroxyl groups is 2. The van der Waals surface area contributed by atoms with Crippen molar-refractivity contribution < 1.29 is 39.0 Å². The Morgan fingerprint density at radius 1 is 0.774 bits per heavy atom. The van der Waals surface area contributed by atoms with E-state index >= 15 is 0 Å². The van der Waals surface area contributed by atoms with E-state index in [1.807, 2.05) is 6.92 Å². The molecular formula is C40H71N5O8. The Hall–Kier alpha value is -3.32. The fourth-order valence-electron chi connectivity index (χ4n) is 6.51. The molecule has 1 saturated heterocycles. The van der Waals surface area contributed by atoms with Crippen LogP contribution in [0, 0.1) is 11.8 Å². The van der Waals surface area contributed by atoms with Crippen molar-refractivity contribution in [2.75, 3.05) is 13.2 Å². The third kappa shape index (κ3) is 19.0. The number of rotatable bonds is 28. The number of carbonyl (C=O) groups is 6. The number of hydrogen-bond acceptors (Lipinski definition) is 8. The molecule has 5 amide bonds. The number of likely N-dealkylation sites (tertiary alicyclic amines) is 1. The molecule has 1 aliphatic rings. The fraction of sp³-hybridized carbons (Fsp3) is 0.800. The van der Waals surface area contributed by atoms with E-state index in [4.69, 9.17) is 0 Å². The Labute approximate surface area is 318 Å². The number of nitrogens with zero attached hydrogens (tertiary/aromatic N) is 1. The molecule has 1 fully saturated rings. The van der Waals surface area contributed by atoms with Gasteiger partial charge < -0.3 is 41.2 Å². The molecule has 0 unspecified atom stereocenters. The molecule has 13 heteroatoms. The minimum atomic E-state index is -1.23. The molecule has 7 atom stereocenters. The molecule has 0 bridgehead atoms. The van der Waals surface area contributed by atoms with Gasteiger partial charge in [0.15, 0.2) is 0 Å². The zero-order valence-corrected chi connectivity index (χ0v) is 33.4. The number of nitrogens with one attached hydrogen (secondary N) is 4. The van der Waals surface area contributed by atoms with Crippen molar-refractivity contribution in [1.82, 2.24) is 26.2 Å². The van der Waals surface area contributed by atoms with E-state index in [-0.39, 0.29) is 31.2 Å². The van der Waals surface area contributed by atoms with Crippen LogP contribution in [0.5, 0.6) is 0 Å². The first-order valence-electron chi connectivity index (χ1n) is 20.2. The topological polar surface area (TPSA) is 194 Å². The molecule has 0 saturated carbocycles. The van der Waals surface area contributed by atoms with Crippen LogP contribution < -0.4 is 21.3 Å². The predicted molar refractivity (Wildman–Crippen MR) is 206 cm³/mol. The summed E-state index contributed by atoms with van der Waals surface area (Å²) in [7, 11) is 0. The normalized spacial score (nSPS) is 18.6. The molecule has 1 rings (SSSR count). The van der Waals surface area contributed by atoms with Crippen molar-refractivity contribution in [3.8, 4) is 0 Å². The smallest absolute Gasteiger partial charge is 0.248 e. The molecule has 0 aromatic rings. The second kappa shape index (κ2) is 27.3. The second-order valence-corrected chi connectivity index (χ2v) is 15.2. The largest absolute Gasteiger partial charge is 0.396 e. The number of amides is 5. The van der Waals surface area contributed by atoms with Crippen LogP contribution in [-0.2, 0) is 28.8 Å². The van der Waals surface area contributed by atoms with E-state index in [2.05, 4.69) is 40.3 Å². The van der Waals surface area contributed by atoms with Gasteiger partial charge in [-0.3, -0.25) is 24.0 Å². The van der Waals surface area contributed by atoms with Gasteiger partial charge in [0.05, 0.1) is 12.1 Å². The number of allylic oxidation sites excluding steroid dienone is 2. The van der Waals surface area contributed by atoms with E-state index in [9.17, 15) is 39.0 Å². The van der Waals surface area contributed by atoms with Gasteiger partial charge in [-0.1, -0.05) is 91.2 Å². The Morgan fingerprint density at radius 2 is 1.36 bits per heavy atom. The first-order valence-corrected chi connectivity index (χ1v) is 20.2. The molecule has 6 N–H and O–H groups in total. The van der Waals surface area contributed by atoms with Crippen LogP contribution in [0.3, 0.4) is 0 Å². The van der Waals surface area contributed by atoms with Crippen LogP contribution >= 0.6 is 0 Å². The number of aldehydes is 1. The van der Waals surface area contributed by atoms with Crippen LogP contribution in [0.25, 0.3) is 0 Å². The number of hydrogen-bond donors (Lipinski definition) is 6. The molecule has 0 radical (unpaired) electrons. The molecule has 1 aliphatic heterocycles. The van der Waals surface area contributed by atoms with Gasteiger partial charge in [-0.15, -0.1) is 0 Å². The van der Waals surface area contributed by atoms with Gasteiger partial charge in [0.1, 0.15) is 30.5 Å². The lowest BCUT2D eigenvalue weighted by molar-refractivity contribution is -0.144. The summed E-state index contributed by atoms with van der Waals surface area (Å²) in [5.41, 5.74) is 0. The van der Waals surface area contributed by atoms with Crippen LogP contribution in [0.1, 0.15) is 144 Å². The fourth-order valence-corrected chi connectivity index (χ4v) is 6.51. The zero-order chi connectivity index (χ0) is 39.8. The lowest BCUT2D eigenvalue weighted by atomic mass is 10.0. The maximum absolute atomic E-state index is 13.7. The third-order valence-corrected chi connectivity index (χ3v) is 9.70. The van der Waals surface area contributed by atoms with Crippen molar-refractivity contribution >= 4 is 35.8 Å². The standard InChI is InChI=1S/C40H71N5O8/c1-7-8-9-10-11-12-13-14-15-16-17-18-19-20-21-22-34(49)43-36(31(6)48)40(53)45-26-29(4)25-33(45)38(51)44-35(28(2)3)39(52)42-32(23-24-46)37(50)41-30(5)27-47/h14-15,27-33,35-36,46,48H,7-13,16-26H2,1-6H3,(H,41,50)(H,42,52)(H,43,49)(H,44,51)/t29-,30+,31-,32+,33+,35+,36+/m1/s1. The summed E-state index contributed by atoms with van der Waals surface area (Å²) in [5.74, 6) is -3.25. The van der Waals surface area contributed by atoms with Gasteiger partial charge in [0, 0.05) is 19.6 Å². The van der Waals surface area contributed by atoms with E-state index in [0.717, 1.165) is 38.5 Å². The maximum atomic E-state index is 13.7. The summed E-state index contributed by atoms with van der Waals surface area (Å²) in [5, 5.41) is 30.4. The summed E-state index contributed by atoms with van der Waals surface area (Å²) in [6.07, 6.45) is 19.2. The van der Waals surface area contributed by atoms with Crippen LogP contribution in [-0.4, -0.2) is 100 Å². The molecule has 1 heterocycles. The summed E-state index contributed by atoms with van der Waals surface area (Å²) in [4.78, 5) is 78.5. The van der Waals surface area contributed by atoms with Gasteiger partial charge >= 0.3 is 0 Å². The van der Waals surface area contributed by atoms with Crippen molar-refractivity contribution in [1.29, 1.82) is 0 Å². The average Bonchev–Trinajstić information content (AvgIpc) is 3.51. The van der Waals surface area contributed by atoms with Crippen molar-refractivity contribution in [3.05, 3.63) is 12.2 Å². The van der Waals surface area contributed by atoms with E-state index in [1.165, 1.54) is 57.3 Å². The molecule has 13 nitrogen and oxygen atoms in total. The SMILES string of the molecule is CCCCCCCCC=CCCCCCCCC(=O)N[C@H](C(=O)N1C[C@H](C)C[C@H]1C(=O)N[C@H](C(=O)N[C@@H](CCO)C(=O)N[C@@H](C)C=O)C(C)C)[C@@H](C)O. The molecule has 0 aliphatic carbocycles. The lowest BCUT2D eigenvalue weighted by Gasteiger charge is -2.31. The summed E-state index contributed by atoms with van der Waals surface area (Å²) < 4.78 is 0. The number of unbranched alkanes of at least 4 members (excludes halogenated alkanes) is 11. The van der Waals surface area contributed by atoms with Crippen LogP contribution in [0.15, 0.2) is 12.2 Å². The average molecular weight is 750 g/mol. The third-order valence-electron chi connectivity index (χ3n) is 9.70. The first kappa shape index (κ1) is 47.7. The summed E-state index contributed by atoms with van der Waals surface area (Å²) >= 11 is 0. The Morgan fingerprint density at radius 3 is 1.91 bits per heavy atom. The molecular weight excluding hydrogens is 678 g/mol. The van der Waals surface area contributed by atoms with E-state index in [1.54, 1.807) is 13.8 Å². The first-order chi connectivity index (χ1) is 25.3. The second-order valence-electron chi connectivity index (χ2n) is 15.2. The molecule has 304 valence electrons. The van der Waals surface area contributed by atoms with Crippen LogP contribution in [0.2, 0.25) is 0 Å². The minimum absolute atomic E-state index is 0.0559. The highest BCUT2D eigenvalue weighted by atomic mass is 16.3. The lowest BCUT2D eigenvalue weighted by Crippen LogP contribution is -2.60. The summed E-state index contributed by atoms with van der Waals surface area (Å²) in [6.45, 7) is 10.3. The van der Waals surface area contributed by atoms with Gasteiger partial charge in [-0.25, -0.2) is 0 Å². The van der Waals surface area contributed by atoms with Crippen molar-refractivity contribution in [2.45, 2.75) is 181 Å². The van der Waals surface area contributed by atoms with Crippen molar-refractivity contribution in [3.63, 3.8) is 0 Å². The van der Waals surface area contributed by atoms with Gasteiger partial charge in [-0.2, -0.15) is 0 Å². The molecule has 53 heavy (non-hydrogen) atoms. The summed E-state index contributed by atoms with van der Waals surface area (Å²) in [6, 6.07) is -5.19. The predicted octanol–water partition coefficient (Wildman–Crippen LogP) is 3.84. The monoisotopic (exact) mass is 750 g/mol. The number of aliphatic hydroxyl groups excluding tert-OH is 2. The van der Waals surface area contributed by atoms with Gasteiger partial charge in [-0.05, 0) is 70.6 Å². The highest BCUT2D eigenvalue weighted by Crippen LogP contribution is 2.25. The quantitative estimate of drug-likeness (QED) is 0.0395. The van der Waals surface area contributed by atoms with Crippen molar-refractivity contribution in [2.24, 2.45) is 11.8 Å². The Bertz CT molecular complexity index is 1150. The Balaban J connectivity index is 2.67. The highest BCUT2D eigenvalue weighted by Gasteiger charge is 2.43.